The highest BCUT2D eigenvalue weighted by Crippen LogP contribution is 2.18. The Hall–Kier alpha value is -0.830. The first kappa shape index (κ1) is 15.2. The van der Waals surface area contributed by atoms with E-state index in [0.29, 0.717) is 0 Å². The number of thioether (sulfide) groups is 1. The van der Waals surface area contributed by atoms with Gasteiger partial charge in [0.1, 0.15) is 6.04 Å². The first-order valence-electron chi connectivity index (χ1n) is 4.55. The van der Waals surface area contributed by atoms with Crippen LogP contribution < -0.4 is 11.1 Å². The number of aliphatic hydroxyl groups is 2. The summed E-state index contributed by atoms with van der Waals surface area (Å²) >= 11 is 0.943. The zero-order valence-corrected chi connectivity index (χ0v) is 9.61. The lowest BCUT2D eigenvalue weighted by atomic mass is 10.3. The lowest BCUT2D eigenvalue weighted by molar-refractivity contribution is -0.137. The van der Waals surface area contributed by atoms with Crippen molar-refractivity contribution in [1.82, 2.24) is 5.32 Å². The Morgan fingerprint density at radius 1 is 1.44 bits per heavy atom. The van der Waals surface area contributed by atoms with E-state index < -0.39 is 23.6 Å². The molecular formula is C8H16N2O5S. The summed E-state index contributed by atoms with van der Waals surface area (Å²) in [5, 5.41) is 28.0. The van der Waals surface area contributed by atoms with Gasteiger partial charge in [-0.3, -0.25) is 9.59 Å². The Morgan fingerprint density at radius 2 is 2.00 bits per heavy atom. The Kier molecular flexibility index (Phi) is 7.06. The summed E-state index contributed by atoms with van der Waals surface area (Å²) in [5.41, 5.74) is 5.24. The lowest BCUT2D eigenvalue weighted by Crippen LogP contribution is -2.36. The molecule has 0 heterocycles. The van der Waals surface area contributed by atoms with Crippen LogP contribution in [0.5, 0.6) is 0 Å². The number of aliphatic hydroxyl groups excluding tert-OH is 1. The van der Waals surface area contributed by atoms with Crippen molar-refractivity contribution in [3.63, 3.8) is 0 Å². The van der Waals surface area contributed by atoms with Crippen LogP contribution in [0.4, 0.5) is 0 Å². The lowest BCUT2D eigenvalue weighted by Gasteiger charge is -2.18. The summed E-state index contributed by atoms with van der Waals surface area (Å²) in [6.07, 6.45) is -1.80. The van der Waals surface area contributed by atoms with Crippen LogP contribution in [0.25, 0.3) is 0 Å². The van der Waals surface area contributed by atoms with Gasteiger partial charge in [0, 0.05) is 19.2 Å². The van der Waals surface area contributed by atoms with Gasteiger partial charge in [0.15, 0.2) is 6.29 Å². The molecule has 0 fully saturated rings. The topological polar surface area (TPSA) is 133 Å². The number of rotatable bonds is 7. The summed E-state index contributed by atoms with van der Waals surface area (Å²) in [6, 6.07) is -1.09. The van der Waals surface area contributed by atoms with Crippen molar-refractivity contribution in [2.45, 2.75) is 24.0 Å². The fraction of sp³-hybridized carbons (Fsp3) is 0.750. The summed E-state index contributed by atoms with van der Waals surface area (Å²) in [6.45, 7) is 0. The van der Waals surface area contributed by atoms with E-state index in [-0.39, 0.29) is 18.1 Å². The van der Waals surface area contributed by atoms with Crippen molar-refractivity contribution < 1.29 is 24.9 Å². The van der Waals surface area contributed by atoms with Crippen LogP contribution in [-0.2, 0) is 9.59 Å². The van der Waals surface area contributed by atoms with Gasteiger partial charge in [0.25, 0.3) is 0 Å². The summed E-state index contributed by atoms with van der Waals surface area (Å²) in [5.74, 6) is -1.51. The van der Waals surface area contributed by atoms with Gasteiger partial charge in [-0.05, 0) is 0 Å². The molecule has 0 aromatic carbocycles. The number of carbonyl (C=O) groups excluding carboxylic acids is 1. The van der Waals surface area contributed by atoms with Gasteiger partial charge in [-0.2, -0.15) is 11.8 Å². The highest BCUT2D eigenvalue weighted by molar-refractivity contribution is 8.00. The van der Waals surface area contributed by atoms with Gasteiger partial charge in [0.05, 0.1) is 5.25 Å². The predicted octanol–water partition coefficient (Wildman–Crippen LogP) is -2.05. The molecule has 0 bridgehead atoms. The van der Waals surface area contributed by atoms with Crippen LogP contribution in [0.2, 0.25) is 0 Å². The number of hydrogen-bond donors (Lipinski definition) is 5. The van der Waals surface area contributed by atoms with E-state index in [2.05, 4.69) is 5.32 Å². The normalized spacial score (nSPS) is 14.6. The molecule has 8 heteroatoms. The molecule has 0 saturated heterocycles. The quantitative estimate of drug-likeness (QED) is 0.329. The zero-order valence-electron chi connectivity index (χ0n) is 8.79. The molecule has 0 spiro atoms. The third-order valence-electron chi connectivity index (χ3n) is 1.81. The molecule has 6 N–H and O–H groups in total. The van der Waals surface area contributed by atoms with E-state index in [1.54, 1.807) is 0 Å². The average Bonchev–Trinajstić information content (AvgIpc) is 2.22. The standard InChI is InChI=1S/C8H16N2O5S/c1-10-6(11)2-5(8(14)15)16-3-4(9)7(12)13/h4-5,8,14-15H,2-3,9H2,1H3,(H,10,11)(H,12,13). The van der Waals surface area contributed by atoms with E-state index in [0.717, 1.165) is 11.8 Å². The van der Waals surface area contributed by atoms with Crippen molar-refractivity contribution in [1.29, 1.82) is 0 Å². The number of carboxylic acid groups (broad SMARTS) is 1. The molecule has 2 atom stereocenters. The van der Waals surface area contributed by atoms with Crippen LogP contribution in [0.15, 0.2) is 0 Å². The molecule has 1 amide bonds. The molecule has 0 aliphatic heterocycles. The molecule has 0 rings (SSSR count). The van der Waals surface area contributed by atoms with E-state index >= 15 is 0 Å². The number of nitrogens with two attached hydrogens (primary N) is 1. The number of amides is 1. The highest BCUT2D eigenvalue weighted by Gasteiger charge is 2.23. The SMILES string of the molecule is CNC(=O)CC(SCC(N)C(=O)O)C(O)O. The Balaban J connectivity index is 4.14. The minimum Gasteiger partial charge on any atom is -0.480 e. The monoisotopic (exact) mass is 252 g/mol. The van der Waals surface area contributed by atoms with Crippen molar-refractivity contribution in [3.05, 3.63) is 0 Å². The van der Waals surface area contributed by atoms with Crippen molar-refractivity contribution in [3.8, 4) is 0 Å². The average molecular weight is 252 g/mol. The molecule has 2 unspecified atom stereocenters. The Morgan fingerprint density at radius 3 is 2.38 bits per heavy atom. The van der Waals surface area contributed by atoms with Crippen LogP contribution in [0.1, 0.15) is 6.42 Å². The van der Waals surface area contributed by atoms with E-state index in [1.165, 1.54) is 7.05 Å². The summed E-state index contributed by atoms with van der Waals surface area (Å²) in [7, 11) is 1.43. The van der Waals surface area contributed by atoms with Gasteiger partial charge in [-0.15, -0.1) is 0 Å². The van der Waals surface area contributed by atoms with Crippen LogP contribution >= 0.6 is 11.8 Å². The van der Waals surface area contributed by atoms with Gasteiger partial charge in [-0.25, -0.2) is 0 Å². The third kappa shape index (κ3) is 5.91. The molecule has 0 aliphatic rings. The fourth-order valence-corrected chi connectivity index (χ4v) is 1.87. The van der Waals surface area contributed by atoms with Crippen LogP contribution in [0.3, 0.4) is 0 Å². The maximum atomic E-state index is 11.0. The maximum absolute atomic E-state index is 11.0. The van der Waals surface area contributed by atoms with Gasteiger partial charge in [-0.1, -0.05) is 0 Å². The molecule has 0 aromatic rings. The number of carbonyl (C=O) groups is 2. The minimum absolute atomic E-state index is 0.00855. The number of nitrogens with one attached hydrogen (secondary N) is 1. The minimum atomic E-state index is -1.69. The molecule has 7 nitrogen and oxygen atoms in total. The number of carboxylic acids is 1. The second kappa shape index (κ2) is 7.44. The third-order valence-corrected chi connectivity index (χ3v) is 3.19. The molecular weight excluding hydrogens is 236 g/mol. The van der Waals surface area contributed by atoms with Gasteiger partial charge >= 0.3 is 5.97 Å². The maximum Gasteiger partial charge on any atom is 0.321 e. The van der Waals surface area contributed by atoms with Gasteiger partial charge < -0.3 is 26.4 Å². The fourth-order valence-electron chi connectivity index (χ4n) is 0.834. The smallest absolute Gasteiger partial charge is 0.321 e. The van der Waals surface area contributed by atoms with E-state index in [4.69, 9.17) is 21.1 Å². The molecule has 0 radical (unpaired) electrons. The predicted molar refractivity (Wildman–Crippen MR) is 58.8 cm³/mol. The van der Waals surface area contributed by atoms with Crippen molar-refractivity contribution in [2.75, 3.05) is 12.8 Å². The first-order chi connectivity index (χ1) is 7.38. The van der Waals surface area contributed by atoms with Crippen molar-refractivity contribution >= 4 is 23.6 Å². The Labute approximate surface area is 97.0 Å². The van der Waals surface area contributed by atoms with E-state index in [9.17, 15) is 9.59 Å². The molecule has 0 aliphatic carbocycles. The molecule has 94 valence electrons. The Bertz CT molecular complexity index is 249. The highest BCUT2D eigenvalue weighted by atomic mass is 32.2. The zero-order chi connectivity index (χ0) is 12.7. The number of hydrogen-bond acceptors (Lipinski definition) is 6. The molecule has 0 aromatic heterocycles. The number of aliphatic carboxylic acids is 1. The molecule has 16 heavy (non-hydrogen) atoms. The van der Waals surface area contributed by atoms with Gasteiger partial charge in [0.2, 0.25) is 5.91 Å². The summed E-state index contributed by atoms with van der Waals surface area (Å²) in [4.78, 5) is 21.4. The second-order valence-electron chi connectivity index (χ2n) is 3.11. The van der Waals surface area contributed by atoms with Crippen LogP contribution in [0, 0.1) is 0 Å². The largest absolute Gasteiger partial charge is 0.480 e. The van der Waals surface area contributed by atoms with Crippen molar-refractivity contribution in [2.24, 2.45) is 5.73 Å². The molecule has 0 saturated carbocycles. The first-order valence-corrected chi connectivity index (χ1v) is 5.60. The second-order valence-corrected chi connectivity index (χ2v) is 4.38. The summed E-state index contributed by atoms with van der Waals surface area (Å²) < 4.78 is 0. The van der Waals surface area contributed by atoms with Crippen LogP contribution in [-0.4, -0.2) is 57.6 Å². The van der Waals surface area contributed by atoms with E-state index in [1.807, 2.05) is 0 Å².